The lowest BCUT2D eigenvalue weighted by molar-refractivity contribution is -0.140. The van der Waals surface area contributed by atoms with Crippen LogP contribution in [0.25, 0.3) is 0 Å². The number of aryl methyl sites for hydroxylation is 1. The van der Waals surface area contributed by atoms with Gasteiger partial charge >= 0.3 is 5.97 Å². The molecule has 0 aliphatic heterocycles. The van der Waals surface area contributed by atoms with Gasteiger partial charge in [0.2, 0.25) is 10.0 Å². The first-order valence-corrected chi connectivity index (χ1v) is 7.60. The van der Waals surface area contributed by atoms with E-state index in [9.17, 15) is 13.2 Å². The van der Waals surface area contributed by atoms with Crippen molar-refractivity contribution in [3.8, 4) is 0 Å². The first kappa shape index (κ1) is 15.6. The molecule has 0 bridgehead atoms. The maximum atomic E-state index is 11.6. The summed E-state index contributed by atoms with van der Waals surface area (Å²) in [6, 6.07) is 0. The number of methoxy groups -OCH3 is 1. The molecule has 0 aromatic carbocycles. The van der Waals surface area contributed by atoms with Gasteiger partial charge in [0.05, 0.1) is 12.9 Å². The fourth-order valence-corrected chi connectivity index (χ4v) is 2.62. The smallest absolute Gasteiger partial charge is 0.305 e. The minimum absolute atomic E-state index is 0.0807. The number of hydrogen-bond donors (Lipinski definition) is 1. The van der Waals surface area contributed by atoms with E-state index < -0.39 is 16.0 Å². The van der Waals surface area contributed by atoms with Gasteiger partial charge in [0, 0.05) is 38.8 Å². The van der Waals surface area contributed by atoms with Crippen molar-refractivity contribution in [2.24, 2.45) is 7.05 Å². The summed E-state index contributed by atoms with van der Waals surface area (Å²) in [7, 11) is -0.212. The number of rotatable bonds is 8. The topological polar surface area (TPSA) is 90.3 Å². The number of aromatic nitrogens is 2. The van der Waals surface area contributed by atoms with E-state index >= 15 is 0 Å². The van der Waals surface area contributed by atoms with Crippen molar-refractivity contribution in [3.63, 3.8) is 0 Å². The van der Waals surface area contributed by atoms with Crippen LogP contribution in [0.4, 0.5) is 0 Å². The van der Waals surface area contributed by atoms with Crippen LogP contribution >= 0.6 is 0 Å². The van der Waals surface area contributed by atoms with E-state index in [1.54, 1.807) is 12.4 Å². The van der Waals surface area contributed by atoms with Crippen LogP contribution in [-0.4, -0.2) is 43.3 Å². The molecular formula is C11H19N3O4S. The molecule has 0 saturated carbocycles. The van der Waals surface area contributed by atoms with Gasteiger partial charge in [-0.05, 0) is 6.42 Å². The lowest BCUT2D eigenvalue weighted by Crippen LogP contribution is -2.29. The van der Waals surface area contributed by atoms with Gasteiger partial charge in [-0.3, -0.25) is 4.79 Å². The monoisotopic (exact) mass is 289 g/mol. The van der Waals surface area contributed by atoms with Crippen molar-refractivity contribution in [2.45, 2.75) is 19.3 Å². The standard InChI is InChI=1S/C11H19N3O4S/c1-14-8-7-12-10(14)5-6-13-19(16,17)9-3-4-11(15)18-2/h7-8,13H,3-6,9H2,1-2H3. The Bertz CT molecular complexity index is 510. The molecule has 0 unspecified atom stereocenters. The Morgan fingerprint density at radius 3 is 2.84 bits per heavy atom. The number of nitrogens with one attached hydrogen (secondary N) is 1. The SMILES string of the molecule is COC(=O)CCCS(=O)(=O)NCCc1nccn1C. The van der Waals surface area contributed by atoms with Gasteiger partial charge in [-0.2, -0.15) is 0 Å². The molecule has 7 nitrogen and oxygen atoms in total. The Morgan fingerprint density at radius 1 is 1.53 bits per heavy atom. The van der Waals surface area contributed by atoms with Crippen LogP contribution in [-0.2, 0) is 33.0 Å². The number of carbonyl (C=O) groups excluding carboxylic acids is 1. The summed E-state index contributed by atoms with van der Waals surface area (Å²) < 4.78 is 32.0. The lowest BCUT2D eigenvalue weighted by Gasteiger charge is -2.06. The molecule has 0 atom stereocenters. The van der Waals surface area contributed by atoms with E-state index in [2.05, 4.69) is 14.4 Å². The van der Waals surface area contributed by atoms with Crippen LogP contribution in [0.15, 0.2) is 12.4 Å². The molecule has 108 valence electrons. The number of sulfonamides is 1. The number of esters is 1. The van der Waals surface area contributed by atoms with Gasteiger partial charge in [-0.1, -0.05) is 0 Å². The minimum atomic E-state index is -3.35. The highest BCUT2D eigenvalue weighted by atomic mass is 32.2. The molecule has 0 saturated heterocycles. The van der Waals surface area contributed by atoms with Gasteiger partial charge in [0.25, 0.3) is 0 Å². The zero-order valence-corrected chi connectivity index (χ0v) is 11.9. The largest absolute Gasteiger partial charge is 0.469 e. The highest BCUT2D eigenvalue weighted by Gasteiger charge is 2.11. The van der Waals surface area contributed by atoms with Crippen LogP contribution < -0.4 is 4.72 Å². The first-order valence-electron chi connectivity index (χ1n) is 5.95. The third-order valence-electron chi connectivity index (χ3n) is 2.61. The molecule has 0 spiro atoms. The number of imidazole rings is 1. The van der Waals surface area contributed by atoms with E-state index in [1.165, 1.54) is 7.11 Å². The normalized spacial score (nSPS) is 11.5. The van der Waals surface area contributed by atoms with E-state index in [4.69, 9.17) is 0 Å². The fourth-order valence-electron chi connectivity index (χ4n) is 1.54. The molecule has 0 radical (unpaired) electrons. The van der Waals surface area contributed by atoms with E-state index in [0.717, 1.165) is 5.82 Å². The lowest BCUT2D eigenvalue weighted by atomic mass is 10.3. The maximum Gasteiger partial charge on any atom is 0.305 e. The number of carbonyl (C=O) groups is 1. The highest BCUT2D eigenvalue weighted by molar-refractivity contribution is 7.89. The van der Waals surface area contributed by atoms with E-state index in [-0.39, 0.29) is 18.6 Å². The minimum Gasteiger partial charge on any atom is -0.469 e. The zero-order chi connectivity index (χ0) is 14.3. The quantitative estimate of drug-likeness (QED) is 0.671. The van der Waals surface area contributed by atoms with Crippen molar-refractivity contribution < 1.29 is 17.9 Å². The van der Waals surface area contributed by atoms with Crippen LogP contribution in [0.5, 0.6) is 0 Å². The zero-order valence-electron chi connectivity index (χ0n) is 11.1. The molecule has 0 fully saturated rings. The number of hydrogen-bond acceptors (Lipinski definition) is 5. The Morgan fingerprint density at radius 2 is 2.26 bits per heavy atom. The molecule has 1 heterocycles. The third kappa shape index (κ3) is 5.84. The molecule has 1 aromatic heterocycles. The average molecular weight is 289 g/mol. The summed E-state index contributed by atoms with van der Waals surface area (Å²) in [5, 5.41) is 0. The summed E-state index contributed by atoms with van der Waals surface area (Å²) in [6.45, 7) is 0.297. The molecule has 1 aromatic rings. The van der Waals surface area contributed by atoms with Crippen LogP contribution in [0, 0.1) is 0 Å². The second kappa shape index (κ2) is 7.25. The molecule has 1 N–H and O–H groups in total. The van der Waals surface area contributed by atoms with Crippen molar-refractivity contribution in [2.75, 3.05) is 19.4 Å². The predicted octanol–water partition coefficient (Wildman–Crippen LogP) is -0.165. The van der Waals surface area contributed by atoms with Crippen LogP contribution in [0.2, 0.25) is 0 Å². The van der Waals surface area contributed by atoms with Gasteiger partial charge in [-0.15, -0.1) is 0 Å². The van der Waals surface area contributed by atoms with E-state index in [0.29, 0.717) is 13.0 Å². The molecule has 1 rings (SSSR count). The summed E-state index contributed by atoms with van der Waals surface area (Å²) in [6.07, 6.45) is 4.36. The van der Waals surface area contributed by atoms with E-state index in [1.807, 2.05) is 11.6 Å². The molecular weight excluding hydrogens is 270 g/mol. The van der Waals surface area contributed by atoms with Gasteiger partial charge in [-0.25, -0.2) is 18.1 Å². The molecule has 0 aliphatic carbocycles. The van der Waals surface area contributed by atoms with Crippen molar-refractivity contribution >= 4 is 16.0 Å². The Kier molecular flexibility index (Phi) is 5.97. The van der Waals surface area contributed by atoms with Gasteiger partial charge in [0.1, 0.15) is 5.82 Å². The summed E-state index contributed by atoms with van der Waals surface area (Å²) >= 11 is 0. The van der Waals surface area contributed by atoms with Crippen LogP contribution in [0.3, 0.4) is 0 Å². The maximum absolute atomic E-state index is 11.6. The molecule has 0 amide bonds. The predicted molar refractivity (Wildman–Crippen MR) is 70.0 cm³/mol. The Labute approximate surface area is 113 Å². The van der Waals surface area contributed by atoms with Crippen molar-refractivity contribution in [1.82, 2.24) is 14.3 Å². The number of ether oxygens (including phenoxy) is 1. The molecule has 0 aliphatic rings. The second-order valence-electron chi connectivity index (χ2n) is 4.10. The van der Waals surface area contributed by atoms with Crippen molar-refractivity contribution in [1.29, 1.82) is 0 Å². The Balaban J connectivity index is 2.27. The highest BCUT2D eigenvalue weighted by Crippen LogP contribution is 1.98. The third-order valence-corrected chi connectivity index (χ3v) is 4.08. The van der Waals surface area contributed by atoms with Gasteiger partial charge < -0.3 is 9.30 Å². The van der Waals surface area contributed by atoms with Gasteiger partial charge in [0.15, 0.2) is 0 Å². The summed E-state index contributed by atoms with van der Waals surface area (Å²) in [4.78, 5) is 15.0. The summed E-state index contributed by atoms with van der Waals surface area (Å²) in [5.41, 5.74) is 0. The molecule has 8 heteroatoms. The first-order chi connectivity index (χ1) is 8.94. The Hall–Kier alpha value is -1.41. The van der Waals surface area contributed by atoms with Crippen molar-refractivity contribution in [3.05, 3.63) is 18.2 Å². The molecule has 19 heavy (non-hydrogen) atoms. The number of nitrogens with zero attached hydrogens (tertiary/aromatic N) is 2. The van der Waals surface area contributed by atoms with Crippen LogP contribution in [0.1, 0.15) is 18.7 Å². The fraction of sp³-hybridized carbons (Fsp3) is 0.636. The average Bonchev–Trinajstić information content (AvgIpc) is 2.74. The summed E-state index contributed by atoms with van der Waals surface area (Å²) in [5.74, 6) is 0.336. The second-order valence-corrected chi connectivity index (χ2v) is 6.02.